The van der Waals surface area contributed by atoms with Crippen molar-refractivity contribution in [3.63, 3.8) is 0 Å². The van der Waals surface area contributed by atoms with Gasteiger partial charge in [-0.25, -0.2) is 9.78 Å². The highest BCUT2D eigenvalue weighted by Crippen LogP contribution is 2.34. The molecule has 104 valence electrons. The van der Waals surface area contributed by atoms with Crippen molar-refractivity contribution >= 4 is 22.4 Å². The molecule has 2 aliphatic heterocycles. The zero-order chi connectivity index (χ0) is 13.3. The van der Waals surface area contributed by atoms with Gasteiger partial charge in [-0.15, -0.1) is 11.3 Å². The number of thiazole rings is 1. The molecule has 3 rings (SSSR count). The van der Waals surface area contributed by atoms with Crippen LogP contribution in [-0.4, -0.2) is 50.2 Å². The minimum absolute atomic E-state index is 0.371. The van der Waals surface area contributed by atoms with Gasteiger partial charge in [0.15, 0.2) is 16.6 Å². The standard InChI is InChI=1S/C12H16N2O4S/c1-16-10(15)9-8-19-11(13-9)14-4-2-12(3-5-14)17-6-7-18-12/h8H,2-7H2,1H3. The second-order valence-corrected chi connectivity index (χ2v) is 5.44. The molecule has 1 spiro atoms. The van der Waals surface area contributed by atoms with E-state index < -0.39 is 5.97 Å². The number of methoxy groups -OCH3 is 1. The number of carbonyl (C=O) groups excluding carboxylic acids is 1. The smallest absolute Gasteiger partial charge is 0.357 e. The van der Waals surface area contributed by atoms with E-state index in [1.54, 1.807) is 5.38 Å². The van der Waals surface area contributed by atoms with E-state index in [2.05, 4.69) is 14.6 Å². The minimum atomic E-state index is -0.390. The maximum atomic E-state index is 11.4. The van der Waals surface area contributed by atoms with Crippen molar-refractivity contribution in [2.75, 3.05) is 38.3 Å². The van der Waals surface area contributed by atoms with Gasteiger partial charge in [0.2, 0.25) is 0 Å². The Morgan fingerprint density at radius 1 is 1.42 bits per heavy atom. The largest absolute Gasteiger partial charge is 0.464 e. The van der Waals surface area contributed by atoms with Crippen molar-refractivity contribution in [3.05, 3.63) is 11.1 Å². The number of aromatic nitrogens is 1. The second kappa shape index (κ2) is 5.07. The van der Waals surface area contributed by atoms with Crippen LogP contribution >= 0.6 is 11.3 Å². The van der Waals surface area contributed by atoms with Gasteiger partial charge in [0.05, 0.1) is 20.3 Å². The third-order valence-electron chi connectivity index (χ3n) is 3.50. The Hall–Kier alpha value is -1.18. The van der Waals surface area contributed by atoms with Crippen LogP contribution in [0, 0.1) is 0 Å². The number of esters is 1. The summed E-state index contributed by atoms with van der Waals surface area (Å²) < 4.78 is 16.0. The Morgan fingerprint density at radius 3 is 2.74 bits per heavy atom. The van der Waals surface area contributed by atoms with Crippen LogP contribution in [-0.2, 0) is 14.2 Å². The number of carbonyl (C=O) groups is 1. The molecular weight excluding hydrogens is 268 g/mol. The van der Waals surface area contributed by atoms with E-state index in [0.717, 1.165) is 31.1 Å². The number of nitrogens with zero attached hydrogens (tertiary/aromatic N) is 2. The van der Waals surface area contributed by atoms with Crippen LogP contribution in [0.25, 0.3) is 0 Å². The molecule has 0 radical (unpaired) electrons. The predicted molar refractivity (Wildman–Crippen MR) is 69.5 cm³/mol. The van der Waals surface area contributed by atoms with E-state index in [1.807, 2.05) is 0 Å². The molecule has 0 aliphatic carbocycles. The van der Waals surface area contributed by atoms with Gasteiger partial charge in [-0.2, -0.15) is 0 Å². The molecule has 0 aromatic carbocycles. The van der Waals surface area contributed by atoms with E-state index in [1.165, 1.54) is 18.4 Å². The maximum Gasteiger partial charge on any atom is 0.357 e. The Morgan fingerprint density at radius 2 is 2.11 bits per heavy atom. The molecule has 6 nitrogen and oxygen atoms in total. The second-order valence-electron chi connectivity index (χ2n) is 4.60. The number of ether oxygens (including phenoxy) is 3. The average molecular weight is 284 g/mol. The van der Waals surface area contributed by atoms with Gasteiger partial charge in [0.25, 0.3) is 0 Å². The molecule has 0 bridgehead atoms. The van der Waals surface area contributed by atoms with Crippen molar-refractivity contribution in [2.24, 2.45) is 0 Å². The Bertz CT molecular complexity index is 460. The highest BCUT2D eigenvalue weighted by atomic mass is 32.1. The van der Waals surface area contributed by atoms with Crippen LogP contribution < -0.4 is 4.90 Å². The molecule has 1 aromatic rings. The molecular formula is C12H16N2O4S. The Kier molecular flexibility index (Phi) is 3.42. The molecule has 3 heterocycles. The monoisotopic (exact) mass is 284 g/mol. The Balaban J connectivity index is 1.65. The van der Waals surface area contributed by atoms with Gasteiger partial charge < -0.3 is 19.1 Å². The topological polar surface area (TPSA) is 60.9 Å². The van der Waals surface area contributed by atoms with Crippen LogP contribution in [0.2, 0.25) is 0 Å². The molecule has 7 heteroatoms. The summed E-state index contributed by atoms with van der Waals surface area (Å²) in [7, 11) is 1.36. The van der Waals surface area contributed by atoms with Gasteiger partial charge >= 0.3 is 5.97 Å². The first-order chi connectivity index (χ1) is 9.22. The van der Waals surface area contributed by atoms with Crippen LogP contribution in [0.1, 0.15) is 23.3 Å². The summed E-state index contributed by atoms with van der Waals surface area (Å²) in [5.74, 6) is -0.766. The molecule has 1 aromatic heterocycles. The summed E-state index contributed by atoms with van der Waals surface area (Å²) in [6.07, 6.45) is 1.67. The fourth-order valence-electron chi connectivity index (χ4n) is 2.43. The highest BCUT2D eigenvalue weighted by molar-refractivity contribution is 7.13. The van der Waals surface area contributed by atoms with Crippen LogP contribution in [0.15, 0.2) is 5.38 Å². The van der Waals surface area contributed by atoms with E-state index in [-0.39, 0.29) is 5.79 Å². The van der Waals surface area contributed by atoms with Gasteiger partial charge in [0.1, 0.15) is 0 Å². The SMILES string of the molecule is COC(=O)c1csc(N2CCC3(CC2)OCCO3)n1. The predicted octanol–water partition coefficient (Wildman–Crippen LogP) is 1.27. The molecule has 0 amide bonds. The molecule has 0 atom stereocenters. The maximum absolute atomic E-state index is 11.4. The summed E-state index contributed by atoms with van der Waals surface area (Å²) in [6, 6.07) is 0. The fraction of sp³-hybridized carbons (Fsp3) is 0.667. The van der Waals surface area contributed by atoms with Crippen LogP contribution in [0.3, 0.4) is 0 Å². The quantitative estimate of drug-likeness (QED) is 0.762. The molecule has 0 unspecified atom stereocenters. The third kappa shape index (κ3) is 2.45. The minimum Gasteiger partial charge on any atom is -0.464 e. The zero-order valence-electron chi connectivity index (χ0n) is 10.8. The van der Waals surface area contributed by atoms with Gasteiger partial charge in [-0.1, -0.05) is 0 Å². The zero-order valence-corrected chi connectivity index (χ0v) is 11.6. The summed E-state index contributed by atoms with van der Waals surface area (Å²) >= 11 is 1.46. The van der Waals surface area contributed by atoms with Crippen LogP contribution in [0.5, 0.6) is 0 Å². The van der Waals surface area contributed by atoms with Crippen molar-refractivity contribution in [1.29, 1.82) is 0 Å². The summed E-state index contributed by atoms with van der Waals surface area (Å²) in [6.45, 7) is 3.02. The molecule has 2 fully saturated rings. The first kappa shape index (κ1) is 12.8. The number of hydrogen-bond donors (Lipinski definition) is 0. The Labute approximate surface area is 115 Å². The van der Waals surface area contributed by atoms with Crippen LogP contribution in [0.4, 0.5) is 5.13 Å². The molecule has 19 heavy (non-hydrogen) atoms. The third-order valence-corrected chi connectivity index (χ3v) is 4.40. The fourth-order valence-corrected chi connectivity index (χ4v) is 3.28. The lowest BCUT2D eigenvalue weighted by Gasteiger charge is -2.37. The first-order valence-electron chi connectivity index (χ1n) is 6.29. The van der Waals surface area contributed by atoms with Crippen molar-refractivity contribution < 1.29 is 19.0 Å². The van der Waals surface area contributed by atoms with Crippen molar-refractivity contribution in [3.8, 4) is 0 Å². The summed E-state index contributed by atoms with van der Waals surface area (Å²) in [5.41, 5.74) is 0.371. The lowest BCUT2D eigenvalue weighted by atomic mass is 10.0. The molecule has 2 aliphatic rings. The van der Waals surface area contributed by atoms with E-state index >= 15 is 0 Å². The van der Waals surface area contributed by atoms with Gasteiger partial charge in [-0.3, -0.25) is 0 Å². The lowest BCUT2D eigenvalue weighted by Crippen LogP contribution is -2.45. The van der Waals surface area contributed by atoms with Gasteiger partial charge in [-0.05, 0) is 0 Å². The van der Waals surface area contributed by atoms with Crippen molar-refractivity contribution in [1.82, 2.24) is 4.98 Å². The van der Waals surface area contributed by atoms with E-state index in [4.69, 9.17) is 9.47 Å². The summed E-state index contributed by atoms with van der Waals surface area (Å²) in [5, 5.41) is 2.59. The average Bonchev–Trinajstić information content (AvgIpc) is 3.09. The molecule has 0 saturated carbocycles. The van der Waals surface area contributed by atoms with E-state index in [9.17, 15) is 4.79 Å². The number of piperidine rings is 1. The number of rotatable bonds is 2. The normalized spacial score (nSPS) is 21.8. The number of hydrogen-bond acceptors (Lipinski definition) is 7. The molecule has 2 saturated heterocycles. The van der Waals surface area contributed by atoms with E-state index in [0.29, 0.717) is 18.9 Å². The van der Waals surface area contributed by atoms with Gasteiger partial charge in [0, 0.05) is 31.3 Å². The lowest BCUT2D eigenvalue weighted by molar-refractivity contribution is -0.169. The first-order valence-corrected chi connectivity index (χ1v) is 7.17. The summed E-state index contributed by atoms with van der Waals surface area (Å²) in [4.78, 5) is 17.8. The molecule has 0 N–H and O–H groups in total. The highest BCUT2D eigenvalue weighted by Gasteiger charge is 2.40. The number of anilines is 1. The van der Waals surface area contributed by atoms with Crippen molar-refractivity contribution in [2.45, 2.75) is 18.6 Å².